The highest BCUT2D eigenvalue weighted by atomic mass is 16.5. The highest BCUT2D eigenvalue weighted by Gasteiger charge is 2.30. The van der Waals surface area contributed by atoms with Gasteiger partial charge in [-0.25, -0.2) is 0 Å². The lowest BCUT2D eigenvalue weighted by molar-refractivity contribution is -0.0770. The molecule has 2 fully saturated rings. The largest absolute Gasteiger partial charge is 0.376 e. The van der Waals surface area contributed by atoms with Gasteiger partial charge in [-0.2, -0.15) is 0 Å². The normalized spacial score (nSPS) is 40.4. The average Bonchev–Trinajstić information content (AvgIpc) is 2.55. The van der Waals surface area contributed by atoms with Gasteiger partial charge in [0.2, 0.25) is 0 Å². The number of hydrogen-bond acceptors (Lipinski definition) is 3. The molecule has 1 N–H and O–H groups in total. The molecule has 0 radical (unpaired) electrons. The maximum Gasteiger partial charge on any atom is 0.0813 e. The molecule has 0 spiro atoms. The van der Waals surface area contributed by atoms with Crippen LogP contribution in [0, 0.1) is 5.92 Å². The zero-order chi connectivity index (χ0) is 10.7. The highest BCUT2D eigenvalue weighted by Crippen LogP contribution is 2.30. The SMILES string of the molecule is CNCC1CC(OCC2CCC(C)O2)C1. The fourth-order valence-corrected chi connectivity index (χ4v) is 2.52. The van der Waals surface area contributed by atoms with Gasteiger partial charge >= 0.3 is 0 Å². The van der Waals surface area contributed by atoms with Gasteiger partial charge in [-0.05, 0) is 52.1 Å². The summed E-state index contributed by atoms with van der Waals surface area (Å²) < 4.78 is 11.6. The molecule has 1 heterocycles. The van der Waals surface area contributed by atoms with Crippen LogP contribution in [0.2, 0.25) is 0 Å². The third-order valence-corrected chi connectivity index (χ3v) is 3.52. The minimum absolute atomic E-state index is 0.364. The molecule has 0 aromatic carbocycles. The number of ether oxygens (including phenoxy) is 2. The van der Waals surface area contributed by atoms with Crippen molar-refractivity contribution < 1.29 is 9.47 Å². The minimum Gasteiger partial charge on any atom is -0.376 e. The number of hydrogen-bond donors (Lipinski definition) is 1. The van der Waals surface area contributed by atoms with Gasteiger partial charge in [0.25, 0.3) is 0 Å². The van der Waals surface area contributed by atoms with Crippen LogP contribution in [0.25, 0.3) is 0 Å². The van der Waals surface area contributed by atoms with Gasteiger partial charge in [0.05, 0.1) is 24.9 Å². The van der Waals surface area contributed by atoms with Gasteiger partial charge in [0.15, 0.2) is 0 Å². The topological polar surface area (TPSA) is 30.5 Å². The van der Waals surface area contributed by atoms with E-state index in [9.17, 15) is 0 Å². The average molecular weight is 213 g/mol. The summed E-state index contributed by atoms with van der Waals surface area (Å²) in [5, 5.41) is 3.21. The van der Waals surface area contributed by atoms with Crippen molar-refractivity contribution in [2.75, 3.05) is 20.2 Å². The summed E-state index contributed by atoms with van der Waals surface area (Å²) in [5.41, 5.74) is 0. The van der Waals surface area contributed by atoms with Crippen molar-refractivity contribution in [2.24, 2.45) is 5.92 Å². The Bertz CT molecular complexity index is 192. The molecular formula is C12H23NO2. The minimum atomic E-state index is 0.364. The van der Waals surface area contributed by atoms with Crippen LogP contribution >= 0.6 is 0 Å². The zero-order valence-corrected chi connectivity index (χ0v) is 9.87. The van der Waals surface area contributed by atoms with E-state index in [1.54, 1.807) is 0 Å². The first-order chi connectivity index (χ1) is 7.28. The van der Waals surface area contributed by atoms with E-state index in [4.69, 9.17) is 9.47 Å². The lowest BCUT2D eigenvalue weighted by Gasteiger charge is -2.35. The molecule has 88 valence electrons. The van der Waals surface area contributed by atoms with Crippen molar-refractivity contribution in [2.45, 2.75) is 50.9 Å². The van der Waals surface area contributed by atoms with E-state index in [0.29, 0.717) is 18.3 Å². The van der Waals surface area contributed by atoms with Crippen LogP contribution in [-0.2, 0) is 9.47 Å². The molecule has 3 heteroatoms. The van der Waals surface area contributed by atoms with Gasteiger partial charge in [0, 0.05) is 0 Å². The van der Waals surface area contributed by atoms with E-state index in [-0.39, 0.29) is 0 Å². The first-order valence-electron chi connectivity index (χ1n) is 6.19. The lowest BCUT2D eigenvalue weighted by Crippen LogP contribution is -2.38. The fourth-order valence-electron chi connectivity index (χ4n) is 2.52. The molecule has 1 aliphatic heterocycles. The maximum absolute atomic E-state index is 5.83. The zero-order valence-electron chi connectivity index (χ0n) is 9.87. The van der Waals surface area contributed by atoms with Crippen molar-refractivity contribution in [3.63, 3.8) is 0 Å². The smallest absolute Gasteiger partial charge is 0.0813 e. The number of nitrogens with one attached hydrogen (secondary N) is 1. The Morgan fingerprint density at radius 3 is 2.73 bits per heavy atom. The summed E-state index contributed by atoms with van der Waals surface area (Å²) >= 11 is 0. The van der Waals surface area contributed by atoms with E-state index in [1.165, 1.54) is 25.7 Å². The summed E-state index contributed by atoms with van der Waals surface area (Å²) in [5.74, 6) is 0.837. The van der Waals surface area contributed by atoms with Crippen LogP contribution in [-0.4, -0.2) is 38.5 Å². The van der Waals surface area contributed by atoms with E-state index in [1.807, 2.05) is 7.05 Å². The van der Waals surface area contributed by atoms with E-state index >= 15 is 0 Å². The molecule has 2 rings (SSSR count). The van der Waals surface area contributed by atoms with Crippen LogP contribution in [0.3, 0.4) is 0 Å². The van der Waals surface area contributed by atoms with Gasteiger partial charge in [-0.1, -0.05) is 0 Å². The number of rotatable bonds is 5. The molecule has 3 nitrogen and oxygen atoms in total. The van der Waals surface area contributed by atoms with E-state index in [0.717, 1.165) is 19.1 Å². The van der Waals surface area contributed by atoms with Crippen molar-refractivity contribution in [3.05, 3.63) is 0 Å². The Balaban J connectivity index is 1.53. The fraction of sp³-hybridized carbons (Fsp3) is 1.00. The molecule has 0 amide bonds. The highest BCUT2D eigenvalue weighted by molar-refractivity contribution is 4.82. The van der Waals surface area contributed by atoms with Gasteiger partial charge < -0.3 is 14.8 Å². The molecule has 0 bridgehead atoms. The third-order valence-electron chi connectivity index (χ3n) is 3.52. The second-order valence-corrected chi connectivity index (χ2v) is 5.00. The summed E-state index contributed by atoms with van der Waals surface area (Å²) in [6, 6.07) is 0. The predicted molar refractivity (Wildman–Crippen MR) is 60.0 cm³/mol. The molecule has 2 aliphatic rings. The molecule has 15 heavy (non-hydrogen) atoms. The molecule has 2 atom stereocenters. The van der Waals surface area contributed by atoms with Crippen LogP contribution in [0.5, 0.6) is 0 Å². The van der Waals surface area contributed by atoms with E-state index < -0.39 is 0 Å². The van der Waals surface area contributed by atoms with Crippen molar-refractivity contribution in [3.8, 4) is 0 Å². The second-order valence-electron chi connectivity index (χ2n) is 5.00. The Morgan fingerprint density at radius 2 is 2.13 bits per heavy atom. The molecule has 2 unspecified atom stereocenters. The summed E-state index contributed by atoms with van der Waals surface area (Å²) in [6.45, 7) is 4.09. The van der Waals surface area contributed by atoms with Crippen molar-refractivity contribution in [1.82, 2.24) is 5.32 Å². The standard InChI is InChI=1S/C12H23NO2/c1-9-3-4-11(15-9)8-14-12-5-10(6-12)7-13-2/h9-13H,3-8H2,1-2H3. The second kappa shape index (κ2) is 5.28. The van der Waals surface area contributed by atoms with E-state index in [2.05, 4.69) is 12.2 Å². The first-order valence-corrected chi connectivity index (χ1v) is 6.19. The molecule has 0 aromatic heterocycles. The molecule has 1 saturated heterocycles. The van der Waals surface area contributed by atoms with Crippen molar-refractivity contribution >= 4 is 0 Å². The van der Waals surface area contributed by atoms with Crippen LogP contribution in [0.1, 0.15) is 32.6 Å². The predicted octanol–water partition coefficient (Wildman–Crippen LogP) is 1.57. The van der Waals surface area contributed by atoms with Gasteiger partial charge in [-0.3, -0.25) is 0 Å². The van der Waals surface area contributed by atoms with Crippen LogP contribution in [0.15, 0.2) is 0 Å². The van der Waals surface area contributed by atoms with Crippen LogP contribution < -0.4 is 5.32 Å². The molecular weight excluding hydrogens is 190 g/mol. The Kier molecular flexibility index (Phi) is 4.00. The summed E-state index contributed by atoms with van der Waals surface area (Å²) in [7, 11) is 2.02. The third kappa shape index (κ3) is 3.16. The van der Waals surface area contributed by atoms with Gasteiger partial charge in [-0.15, -0.1) is 0 Å². The Morgan fingerprint density at radius 1 is 1.33 bits per heavy atom. The summed E-state index contributed by atoms with van der Waals surface area (Å²) in [4.78, 5) is 0. The first kappa shape index (κ1) is 11.4. The Hall–Kier alpha value is -0.120. The molecule has 1 saturated carbocycles. The van der Waals surface area contributed by atoms with Gasteiger partial charge in [0.1, 0.15) is 0 Å². The quantitative estimate of drug-likeness (QED) is 0.752. The monoisotopic (exact) mass is 213 g/mol. The van der Waals surface area contributed by atoms with Crippen LogP contribution in [0.4, 0.5) is 0 Å². The molecule has 1 aliphatic carbocycles. The Labute approximate surface area is 92.5 Å². The summed E-state index contributed by atoms with van der Waals surface area (Å²) in [6.07, 6.45) is 6.13. The van der Waals surface area contributed by atoms with Crippen molar-refractivity contribution in [1.29, 1.82) is 0 Å². The maximum atomic E-state index is 5.83. The lowest BCUT2D eigenvalue weighted by atomic mass is 9.82. The molecule has 0 aromatic rings.